The molecule has 0 aromatic heterocycles. The van der Waals surface area contributed by atoms with Crippen LogP contribution >= 0.6 is 0 Å². The minimum Gasteiger partial charge on any atom is -0.497 e. The SMILES string of the molecule is COc1ccc(CCCN2CCC(O)C2)cc1. The molecule has 1 aromatic carbocycles. The number of benzene rings is 1. The maximum atomic E-state index is 9.42. The largest absolute Gasteiger partial charge is 0.497 e. The van der Waals surface area contributed by atoms with Crippen LogP contribution in [-0.4, -0.2) is 42.9 Å². The fraction of sp³-hybridized carbons (Fsp3) is 0.571. The van der Waals surface area contributed by atoms with E-state index in [9.17, 15) is 5.11 Å². The van der Waals surface area contributed by atoms with Crippen LogP contribution in [0.1, 0.15) is 18.4 Å². The van der Waals surface area contributed by atoms with Crippen molar-refractivity contribution in [3.05, 3.63) is 29.8 Å². The Kier molecular flexibility index (Phi) is 4.40. The van der Waals surface area contributed by atoms with Crippen LogP contribution in [0.4, 0.5) is 0 Å². The second-order valence-corrected chi connectivity index (χ2v) is 4.69. The molecule has 17 heavy (non-hydrogen) atoms. The number of rotatable bonds is 5. The Hall–Kier alpha value is -1.06. The van der Waals surface area contributed by atoms with Crippen LogP contribution in [0, 0.1) is 0 Å². The van der Waals surface area contributed by atoms with Gasteiger partial charge in [0.2, 0.25) is 0 Å². The van der Waals surface area contributed by atoms with E-state index in [2.05, 4.69) is 17.0 Å². The second kappa shape index (κ2) is 6.03. The Morgan fingerprint density at radius 2 is 2.12 bits per heavy atom. The van der Waals surface area contributed by atoms with Crippen molar-refractivity contribution < 1.29 is 9.84 Å². The molecule has 3 heteroatoms. The topological polar surface area (TPSA) is 32.7 Å². The van der Waals surface area contributed by atoms with Crippen LogP contribution < -0.4 is 4.74 Å². The number of aryl methyl sites for hydroxylation is 1. The smallest absolute Gasteiger partial charge is 0.118 e. The third-order valence-corrected chi connectivity index (χ3v) is 3.35. The average molecular weight is 235 g/mol. The summed E-state index contributed by atoms with van der Waals surface area (Å²) >= 11 is 0. The monoisotopic (exact) mass is 235 g/mol. The predicted octanol–water partition coefficient (Wildman–Crippen LogP) is 1.69. The van der Waals surface area contributed by atoms with Crippen molar-refractivity contribution in [2.24, 2.45) is 0 Å². The molecule has 1 saturated heterocycles. The summed E-state index contributed by atoms with van der Waals surface area (Å²) in [4.78, 5) is 2.34. The maximum absolute atomic E-state index is 9.42. The lowest BCUT2D eigenvalue weighted by molar-refractivity contribution is 0.176. The highest BCUT2D eigenvalue weighted by Gasteiger charge is 2.18. The minimum atomic E-state index is -0.101. The van der Waals surface area contributed by atoms with Crippen LogP contribution in [-0.2, 0) is 6.42 Å². The van der Waals surface area contributed by atoms with Crippen molar-refractivity contribution in [1.29, 1.82) is 0 Å². The number of hydrogen-bond acceptors (Lipinski definition) is 3. The van der Waals surface area contributed by atoms with Crippen molar-refractivity contribution in [2.75, 3.05) is 26.7 Å². The zero-order valence-corrected chi connectivity index (χ0v) is 10.4. The van der Waals surface area contributed by atoms with Gasteiger partial charge in [-0.2, -0.15) is 0 Å². The fourth-order valence-corrected chi connectivity index (χ4v) is 2.31. The van der Waals surface area contributed by atoms with Gasteiger partial charge in [-0.05, 0) is 43.5 Å². The lowest BCUT2D eigenvalue weighted by atomic mass is 10.1. The highest BCUT2D eigenvalue weighted by atomic mass is 16.5. The normalized spacial score (nSPS) is 20.7. The summed E-state index contributed by atoms with van der Waals surface area (Å²) in [5.41, 5.74) is 1.35. The zero-order chi connectivity index (χ0) is 12.1. The van der Waals surface area contributed by atoms with Gasteiger partial charge in [0.05, 0.1) is 13.2 Å². The van der Waals surface area contributed by atoms with E-state index >= 15 is 0 Å². The van der Waals surface area contributed by atoms with E-state index < -0.39 is 0 Å². The van der Waals surface area contributed by atoms with E-state index in [1.807, 2.05) is 12.1 Å². The quantitative estimate of drug-likeness (QED) is 0.843. The molecular formula is C14H21NO2. The summed E-state index contributed by atoms with van der Waals surface area (Å²) in [6, 6.07) is 8.26. The lowest BCUT2D eigenvalue weighted by Crippen LogP contribution is -2.23. The van der Waals surface area contributed by atoms with Gasteiger partial charge in [-0.3, -0.25) is 0 Å². The van der Waals surface area contributed by atoms with Gasteiger partial charge in [-0.25, -0.2) is 0 Å². The van der Waals surface area contributed by atoms with Crippen LogP contribution in [0.15, 0.2) is 24.3 Å². The molecule has 0 aliphatic carbocycles. The number of β-amino-alcohol motifs (C(OH)–C–C–N with tert-alkyl or cyclic N) is 1. The second-order valence-electron chi connectivity index (χ2n) is 4.69. The molecule has 1 aliphatic heterocycles. The van der Waals surface area contributed by atoms with Gasteiger partial charge >= 0.3 is 0 Å². The van der Waals surface area contributed by atoms with Crippen molar-refractivity contribution in [2.45, 2.75) is 25.4 Å². The fourth-order valence-electron chi connectivity index (χ4n) is 2.31. The summed E-state index contributed by atoms with van der Waals surface area (Å²) < 4.78 is 5.13. The first-order valence-electron chi connectivity index (χ1n) is 6.31. The molecule has 2 rings (SSSR count). The summed E-state index contributed by atoms with van der Waals surface area (Å²) in [6.45, 7) is 2.98. The first-order valence-corrected chi connectivity index (χ1v) is 6.31. The van der Waals surface area contributed by atoms with E-state index in [4.69, 9.17) is 4.74 Å². The van der Waals surface area contributed by atoms with Crippen LogP contribution in [0.25, 0.3) is 0 Å². The summed E-state index contributed by atoms with van der Waals surface area (Å²) in [6.07, 6.45) is 3.08. The van der Waals surface area contributed by atoms with Gasteiger partial charge in [0.15, 0.2) is 0 Å². The molecule has 1 N–H and O–H groups in total. The molecular weight excluding hydrogens is 214 g/mol. The molecule has 1 aliphatic rings. The van der Waals surface area contributed by atoms with Gasteiger partial charge in [0.25, 0.3) is 0 Å². The lowest BCUT2D eigenvalue weighted by Gasteiger charge is -2.14. The third-order valence-electron chi connectivity index (χ3n) is 3.35. The first-order chi connectivity index (χ1) is 8.28. The van der Waals surface area contributed by atoms with Gasteiger partial charge < -0.3 is 14.7 Å². The molecule has 3 nitrogen and oxygen atoms in total. The molecule has 0 radical (unpaired) electrons. The number of ether oxygens (including phenoxy) is 1. The molecule has 0 bridgehead atoms. The summed E-state index contributed by atoms with van der Waals surface area (Å²) in [7, 11) is 1.69. The molecule has 0 saturated carbocycles. The molecule has 1 fully saturated rings. The van der Waals surface area contributed by atoms with Crippen molar-refractivity contribution in [3.8, 4) is 5.75 Å². The third kappa shape index (κ3) is 3.72. The van der Waals surface area contributed by atoms with Crippen molar-refractivity contribution >= 4 is 0 Å². The number of likely N-dealkylation sites (tertiary alicyclic amines) is 1. The van der Waals surface area contributed by atoms with E-state index in [1.165, 1.54) is 5.56 Å². The van der Waals surface area contributed by atoms with Gasteiger partial charge in [-0.15, -0.1) is 0 Å². The minimum absolute atomic E-state index is 0.101. The molecule has 0 spiro atoms. The van der Waals surface area contributed by atoms with Gasteiger partial charge in [-0.1, -0.05) is 12.1 Å². The highest BCUT2D eigenvalue weighted by molar-refractivity contribution is 5.27. The number of nitrogens with zero attached hydrogens (tertiary/aromatic N) is 1. The molecule has 1 heterocycles. The number of methoxy groups -OCH3 is 1. The average Bonchev–Trinajstić information content (AvgIpc) is 2.76. The highest BCUT2D eigenvalue weighted by Crippen LogP contribution is 2.14. The van der Waals surface area contributed by atoms with Crippen molar-refractivity contribution in [1.82, 2.24) is 4.90 Å². The van der Waals surface area contributed by atoms with E-state index in [-0.39, 0.29) is 6.10 Å². The van der Waals surface area contributed by atoms with E-state index in [0.717, 1.165) is 44.6 Å². The number of aliphatic hydroxyl groups excluding tert-OH is 1. The van der Waals surface area contributed by atoms with Crippen LogP contribution in [0.3, 0.4) is 0 Å². The van der Waals surface area contributed by atoms with Crippen molar-refractivity contribution in [3.63, 3.8) is 0 Å². The Labute approximate surface area is 103 Å². The predicted molar refractivity (Wildman–Crippen MR) is 68.4 cm³/mol. The standard InChI is InChI=1S/C14H21NO2/c1-17-14-6-4-12(5-7-14)3-2-9-15-10-8-13(16)11-15/h4-7,13,16H,2-3,8-11H2,1H3. The first kappa shape index (κ1) is 12.4. The van der Waals surface area contributed by atoms with Crippen LogP contribution in [0.5, 0.6) is 5.75 Å². The van der Waals surface area contributed by atoms with Crippen LogP contribution in [0.2, 0.25) is 0 Å². The Morgan fingerprint density at radius 1 is 1.35 bits per heavy atom. The van der Waals surface area contributed by atoms with E-state index in [1.54, 1.807) is 7.11 Å². The number of aliphatic hydroxyl groups is 1. The summed E-state index contributed by atoms with van der Waals surface area (Å²) in [5, 5.41) is 9.42. The molecule has 1 unspecified atom stereocenters. The molecule has 0 amide bonds. The summed E-state index contributed by atoms with van der Waals surface area (Å²) in [5.74, 6) is 0.913. The van der Waals surface area contributed by atoms with E-state index in [0.29, 0.717) is 0 Å². The Morgan fingerprint density at radius 3 is 2.71 bits per heavy atom. The van der Waals surface area contributed by atoms with Gasteiger partial charge in [0.1, 0.15) is 5.75 Å². The van der Waals surface area contributed by atoms with Gasteiger partial charge in [0, 0.05) is 13.1 Å². The Balaban J connectivity index is 1.70. The maximum Gasteiger partial charge on any atom is 0.118 e. The molecule has 1 atom stereocenters. The molecule has 1 aromatic rings. The zero-order valence-electron chi connectivity index (χ0n) is 10.4. The Bertz CT molecular complexity index is 337. The molecule has 94 valence electrons. The number of hydrogen-bond donors (Lipinski definition) is 1.